The summed E-state index contributed by atoms with van der Waals surface area (Å²) >= 11 is 11.8. The summed E-state index contributed by atoms with van der Waals surface area (Å²) < 4.78 is 5.15. The van der Waals surface area contributed by atoms with Gasteiger partial charge in [0.1, 0.15) is 13.2 Å². The van der Waals surface area contributed by atoms with Gasteiger partial charge in [0.2, 0.25) is 0 Å². The molecule has 0 saturated carbocycles. The van der Waals surface area contributed by atoms with Gasteiger partial charge in [0.25, 0.3) is 11.8 Å². The van der Waals surface area contributed by atoms with Gasteiger partial charge in [-0.15, -0.1) is 0 Å². The van der Waals surface area contributed by atoms with Gasteiger partial charge >= 0.3 is 5.97 Å². The van der Waals surface area contributed by atoms with E-state index in [1.54, 1.807) is 36.4 Å². The van der Waals surface area contributed by atoms with Gasteiger partial charge < -0.3 is 15.4 Å². The topological polar surface area (TPSA) is 84.5 Å². The summed E-state index contributed by atoms with van der Waals surface area (Å²) in [5, 5.41) is 5.84. The predicted octanol–water partition coefficient (Wildman–Crippen LogP) is 4.72. The number of anilines is 1. The van der Waals surface area contributed by atoms with E-state index in [0.29, 0.717) is 21.8 Å². The Hall–Kier alpha value is -3.35. The minimum Gasteiger partial charge on any atom is -0.460 e. The molecule has 0 aliphatic heterocycles. The Morgan fingerprint density at radius 3 is 2.23 bits per heavy atom. The second-order valence-electron chi connectivity index (χ2n) is 6.48. The van der Waals surface area contributed by atoms with Gasteiger partial charge in [-0.2, -0.15) is 0 Å². The van der Waals surface area contributed by atoms with Gasteiger partial charge in [-0.1, -0.05) is 53.5 Å². The summed E-state index contributed by atoms with van der Waals surface area (Å²) in [6.07, 6.45) is 0. The summed E-state index contributed by atoms with van der Waals surface area (Å²) in [5.74, 6) is -1.35. The van der Waals surface area contributed by atoms with Crippen LogP contribution in [0.5, 0.6) is 0 Å². The van der Waals surface area contributed by atoms with Crippen molar-refractivity contribution in [2.24, 2.45) is 0 Å². The first-order valence-electron chi connectivity index (χ1n) is 9.26. The number of rotatable bonds is 7. The summed E-state index contributed by atoms with van der Waals surface area (Å²) in [4.78, 5) is 36.3. The third-order valence-corrected chi connectivity index (χ3v) is 4.76. The zero-order valence-electron chi connectivity index (χ0n) is 16.2. The van der Waals surface area contributed by atoms with Crippen LogP contribution < -0.4 is 10.6 Å². The van der Waals surface area contributed by atoms with Crippen molar-refractivity contribution in [3.63, 3.8) is 0 Å². The SMILES string of the molecule is O=C(CNC(=O)c1ccc(Cl)cc1Cl)OCc1ccc(C(=O)Nc2ccccc2)cc1. The van der Waals surface area contributed by atoms with E-state index in [-0.39, 0.29) is 29.6 Å². The third-order valence-electron chi connectivity index (χ3n) is 4.22. The lowest BCUT2D eigenvalue weighted by atomic mass is 10.1. The molecule has 158 valence electrons. The van der Waals surface area contributed by atoms with Gasteiger partial charge in [0, 0.05) is 16.3 Å². The Morgan fingerprint density at radius 1 is 0.839 bits per heavy atom. The van der Waals surface area contributed by atoms with Crippen molar-refractivity contribution < 1.29 is 19.1 Å². The van der Waals surface area contributed by atoms with Gasteiger partial charge in [-0.3, -0.25) is 14.4 Å². The molecule has 0 aromatic heterocycles. The van der Waals surface area contributed by atoms with Crippen molar-refractivity contribution in [3.05, 3.63) is 99.5 Å². The summed E-state index contributed by atoms with van der Waals surface area (Å²) in [5.41, 5.74) is 2.10. The smallest absolute Gasteiger partial charge is 0.325 e. The summed E-state index contributed by atoms with van der Waals surface area (Å²) in [6, 6.07) is 20.3. The number of benzene rings is 3. The molecule has 2 amide bonds. The molecular formula is C23H18Cl2N2O4. The Balaban J connectivity index is 1.45. The van der Waals surface area contributed by atoms with Crippen molar-refractivity contribution in [2.75, 3.05) is 11.9 Å². The van der Waals surface area contributed by atoms with Crippen molar-refractivity contribution >= 4 is 46.7 Å². The van der Waals surface area contributed by atoms with Gasteiger partial charge in [-0.05, 0) is 48.0 Å². The molecule has 0 bridgehead atoms. The maximum atomic E-state index is 12.2. The van der Waals surface area contributed by atoms with Crippen LogP contribution in [0.25, 0.3) is 0 Å². The standard InChI is InChI=1S/C23H18Cl2N2O4/c24-17-10-11-19(20(25)12-17)23(30)26-13-21(28)31-14-15-6-8-16(9-7-15)22(29)27-18-4-2-1-3-5-18/h1-12H,13-14H2,(H,26,30)(H,27,29). The lowest BCUT2D eigenvalue weighted by molar-refractivity contribution is -0.143. The Labute approximate surface area is 189 Å². The number of hydrogen-bond donors (Lipinski definition) is 2. The van der Waals surface area contributed by atoms with Crippen LogP contribution in [0.2, 0.25) is 10.0 Å². The van der Waals surface area contributed by atoms with E-state index >= 15 is 0 Å². The van der Waals surface area contributed by atoms with E-state index < -0.39 is 11.9 Å². The fraction of sp³-hybridized carbons (Fsp3) is 0.0870. The zero-order valence-corrected chi connectivity index (χ0v) is 17.7. The highest BCUT2D eigenvalue weighted by atomic mass is 35.5. The Bertz CT molecular complexity index is 1090. The van der Waals surface area contributed by atoms with Gasteiger partial charge in [0.15, 0.2) is 0 Å². The quantitative estimate of drug-likeness (QED) is 0.503. The minimum absolute atomic E-state index is 0.0109. The average Bonchev–Trinajstić information content (AvgIpc) is 2.77. The normalized spacial score (nSPS) is 10.3. The number of esters is 1. The maximum Gasteiger partial charge on any atom is 0.325 e. The molecule has 8 heteroatoms. The summed E-state index contributed by atoms with van der Waals surface area (Å²) in [7, 11) is 0. The second kappa shape index (κ2) is 10.6. The van der Waals surface area contributed by atoms with E-state index in [4.69, 9.17) is 27.9 Å². The molecule has 0 unspecified atom stereocenters. The van der Waals surface area contributed by atoms with Crippen LogP contribution >= 0.6 is 23.2 Å². The van der Waals surface area contributed by atoms with Crippen molar-refractivity contribution in [2.45, 2.75) is 6.61 Å². The number of halogens is 2. The molecule has 0 aliphatic rings. The largest absolute Gasteiger partial charge is 0.460 e. The fourth-order valence-corrected chi connectivity index (χ4v) is 3.11. The van der Waals surface area contributed by atoms with E-state index in [9.17, 15) is 14.4 Å². The first-order valence-corrected chi connectivity index (χ1v) is 10.0. The highest BCUT2D eigenvalue weighted by molar-refractivity contribution is 6.36. The van der Waals surface area contributed by atoms with E-state index in [2.05, 4.69) is 10.6 Å². The molecule has 31 heavy (non-hydrogen) atoms. The number of para-hydroxylation sites is 1. The zero-order chi connectivity index (χ0) is 22.2. The summed E-state index contributed by atoms with van der Waals surface area (Å²) in [6.45, 7) is -0.299. The lowest BCUT2D eigenvalue weighted by Crippen LogP contribution is -2.30. The van der Waals surface area contributed by atoms with Gasteiger partial charge in [-0.25, -0.2) is 0 Å². The van der Waals surface area contributed by atoms with Crippen LogP contribution in [0.1, 0.15) is 26.3 Å². The van der Waals surface area contributed by atoms with Crippen LogP contribution in [-0.2, 0) is 16.1 Å². The molecule has 0 radical (unpaired) electrons. The molecule has 3 aromatic rings. The Kier molecular flexibility index (Phi) is 7.65. The molecular weight excluding hydrogens is 439 g/mol. The molecule has 3 aromatic carbocycles. The highest BCUT2D eigenvalue weighted by Gasteiger charge is 2.13. The molecule has 6 nitrogen and oxygen atoms in total. The number of nitrogens with one attached hydrogen (secondary N) is 2. The minimum atomic E-state index is -0.607. The van der Waals surface area contributed by atoms with Crippen LogP contribution in [0, 0.1) is 0 Å². The van der Waals surface area contributed by atoms with Crippen molar-refractivity contribution in [1.29, 1.82) is 0 Å². The van der Waals surface area contributed by atoms with E-state index in [1.807, 2.05) is 18.2 Å². The third kappa shape index (κ3) is 6.57. The molecule has 0 saturated heterocycles. The van der Waals surface area contributed by atoms with Crippen molar-refractivity contribution in [1.82, 2.24) is 5.32 Å². The number of amides is 2. The number of hydrogen-bond acceptors (Lipinski definition) is 4. The van der Waals surface area contributed by atoms with Crippen LogP contribution in [0.3, 0.4) is 0 Å². The molecule has 0 heterocycles. The molecule has 0 aliphatic carbocycles. The lowest BCUT2D eigenvalue weighted by Gasteiger charge is -2.09. The monoisotopic (exact) mass is 456 g/mol. The number of carbonyl (C=O) groups is 3. The van der Waals surface area contributed by atoms with Crippen molar-refractivity contribution in [3.8, 4) is 0 Å². The molecule has 2 N–H and O–H groups in total. The van der Waals surface area contributed by atoms with Crippen LogP contribution in [0.15, 0.2) is 72.8 Å². The average molecular weight is 457 g/mol. The highest BCUT2D eigenvalue weighted by Crippen LogP contribution is 2.20. The molecule has 0 atom stereocenters. The second-order valence-corrected chi connectivity index (χ2v) is 7.33. The van der Waals surface area contributed by atoms with E-state index in [1.165, 1.54) is 18.2 Å². The number of carbonyl (C=O) groups excluding carboxylic acids is 3. The molecule has 3 rings (SSSR count). The fourth-order valence-electron chi connectivity index (χ4n) is 2.61. The Morgan fingerprint density at radius 2 is 1.55 bits per heavy atom. The first-order chi connectivity index (χ1) is 14.9. The maximum absolute atomic E-state index is 12.2. The van der Waals surface area contributed by atoms with E-state index in [0.717, 1.165) is 0 Å². The van der Waals surface area contributed by atoms with Gasteiger partial charge in [0.05, 0.1) is 10.6 Å². The first kappa shape index (κ1) is 22.3. The molecule has 0 fully saturated rings. The number of ether oxygens (including phenoxy) is 1. The molecule has 0 spiro atoms. The van der Waals surface area contributed by atoms with Crippen LogP contribution in [0.4, 0.5) is 5.69 Å². The predicted molar refractivity (Wildman–Crippen MR) is 119 cm³/mol. The van der Waals surface area contributed by atoms with Crippen LogP contribution in [-0.4, -0.2) is 24.3 Å².